The van der Waals surface area contributed by atoms with Crippen molar-refractivity contribution in [1.82, 2.24) is 5.32 Å². The maximum Gasteiger partial charge on any atom is 0.231 e. The molecule has 5 heteroatoms. The fraction of sp³-hybridized carbons (Fsp3) is 0.278. The molecule has 0 spiro atoms. The molecular formula is C18H19NO3S. The number of carbonyl (C=O) groups excluding carboxylic acids is 1. The number of fused-ring (bicyclic) bond motifs is 1. The molecule has 0 aromatic heterocycles. The molecule has 0 saturated carbocycles. The van der Waals surface area contributed by atoms with Crippen molar-refractivity contribution in [2.45, 2.75) is 12.0 Å². The van der Waals surface area contributed by atoms with E-state index in [1.54, 1.807) is 6.26 Å². The van der Waals surface area contributed by atoms with Gasteiger partial charge in [-0.3, -0.25) is 9.00 Å². The molecule has 2 aromatic rings. The van der Waals surface area contributed by atoms with E-state index in [1.807, 2.05) is 54.6 Å². The van der Waals surface area contributed by atoms with Gasteiger partial charge in [0.15, 0.2) is 0 Å². The lowest BCUT2D eigenvalue weighted by atomic mass is 9.99. The molecule has 0 bridgehead atoms. The van der Waals surface area contributed by atoms with Crippen LogP contribution >= 0.6 is 0 Å². The summed E-state index contributed by atoms with van der Waals surface area (Å²) in [6.07, 6.45) is 1.65. The number of hydrogen-bond donors (Lipinski definition) is 1. The van der Waals surface area contributed by atoms with Crippen LogP contribution in [0.1, 0.15) is 23.1 Å². The molecule has 0 aliphatic carbocycles. The van der Waals surface area contributed by atoms with Gasteiger partial charge in [0.2, 0.25) is 5.91 Å². The van der Waals surface area contributed by atoms with E-state index in [0.29, 0.717) is 12.4 Å². The van der Waals surface area contributed by atoms with E-state index in [4.69, 9.17) is 4.74 Å². The molecule has 1 N–H and O–H groups in total. The maximum atomic E-state index is 12.7. The van der Waals surface area contributed by atoms with Gasteiger partial charge in [-0.25, -0.2) is 0 Å². The molecule has 120 valence electrons. The molecule has 1 aliphatic rings. The zero-order chi connectivity index (χ0) is 16.2. The van der Waals surface area contributed by atoms with E-state index < -0.39 is 10.8 Å². The highest BCUT2D eigenvalue weighted by Gasteiger charge is 2.31. The minimum atomic E-state index is -1.01. The van der Waals surface area contributed by atoms with E-state index in [-0.39, 0.29) is 17.9 Å². The molecule has 1 heterocycles. The average Bonchev–Trinajstić information content (AvgIpc) is 2.99. The second kappa shape index (κ2) is 6.96. The summed E-state index contributed by atoms with van der Waals surface area (Å²) >= 11 is 0. The zero-order valence-electron chi connectivity index (χ0n) is 12.9. The van der Waals surface area contributed by atoms with Crippen LogP contribution in [0.2, 0.25) is 0 Å². The lowest BCUT2D eigenvalue weighted by Gasteiger charge is -2.20. The highest BCUT2D eigenvalue weighted by molar-refractivity contribution is 7.84. The monoisotopic (exact) mass is 329 g/mol. The number of carbonyl (C=O) groups is 1. The third-order valence-electron chi connectivity index (χ3n) is 3.94. The fourth-order valence-corrected chi connectivity index (χ4v) is 3.54. The Kier molecular flexibility index (Phi) is 4.76. The van der Waals surface area contributed by atoms with Crippen molar-refractivity contribution in [2.24, 2.45) is 0 Å². The normalized spacial score (nSPS) is 18.6. The van der Waals surface area contributed by atoms with Crippen molar-refractivity contribution < 1.29 is 13.7 Å². The Bertz CT molecular complexity index is 717. The van der Waals surface area contributed by atoms with Crippen molar-refractivity contribution in [3.05, 3.63) is 65.7 Å². The average molecular weight is 329 g/mol. The summed E-state index contributed by atoms with van der Waals surface area (Å²) in [5.41, 5.74) is 1.87. The third kappa shape index (κ3) is 3.62. The molecule has 4 nitrogen and oxygen atoms in total. The zero-order valence-corrected chi connectivity index (χ0v) is 13.7. The lowest BCUT2D eigenvalue weighted by molar-refractivity contribution is -0.123. The number of rotatable bonds is 5. The molecule has 3 atom stereocenters. The van der Waals surface area contributed by atoms with Crippen LogP contribution in [-0.4, -0.2) is 28.7 Å². The Morgan fingerprint density at radius 2 is 1.91 bits per heavy atom. The molecule has 0 fully saturated rings. The number of ether oxygens (including phenoxy) is 1. The quantitative estimate of drug-likeness (QED) is 0.916. The summed E-state index contributed by atoms with van der Waals surface area (Å²) in [6, 6.07) is 17.0. The molecular weight excluding hydrogens is 310 g/mol. The first-order valence-corrected chi connectivity index (χ1v) is 9.25. The van der Waals surface area contributed by atoms with E-state index in [1.165, 1.54) is 0 Å². The molecule has 2 aromatic carbocycles. The molecule has 23 heavy (non-hydrogen) atoms. The number of para-hydroxylation sites is 1. The highest BCUT2D eigenvalue weighted by Crippen LogP contribution is 2.34. The van der Waals surface area contributed by atoms with Gasteiger partial charge in [-0.05, 0) is 11.6 Å². The Balaban J connectivity index is 1.78. The topological polar surface area (TPSA) is 55.4 Å². The number of amides is 1. The summed E-state index contributed by atoms with van der Waals surface area (Å²) in [4.78, 5) is 12.7. The van der Waals surface area contributed by atoms with E-state index in [9.17, 15) is 9.00 Å². The number of nitrogens with one attached hydrogen (secondary N) is 1. The van der Waals surface area contributed by atoms with Gasteiger partial charge in [-0.15, -0.1) is 0 Å². The van der Waals surface area contributed by atoms with Gasteiger partial charge in [0.1, 0.15) is 18.3 Å². The van der Waals surface area contributed by atoms with Crippen LogP contribution in [0.4, 0.5) is 0 Å². The molecule has 3 rings (SSSR count). The van der Waals surface area contributed by atoms with Gasteiger partial charge in [-0.1, -0.05) is 48.5 Å². The molecule has 0 radical (unpaired) electrons. The predicted molar refractivity (Wildman–Crippen MR) is 90.9 cm³/mol. The summed E-state index contributed by atoms with van der Waals surface area (Å²) in [7, 11) is -1.01. The number of benzene rings is 2. The molecule has 1 amide bonds. The summed E-state index contributed by atoms with van der Waals surface area (Å²) in [6.45, 7) is 0.349. The second-order valence-electron chi connectivity index (χ2n) is 5.61. The summed E-state index contributed by atoms with van der Waals surface area (Å²) in [5.74, 6) is 0.755. The van der Waals surface area contributed by atoms with Crippen molar-refractivity contribution in [2.75, 3.05) is 18.6 Å². The molecule has 1 aliphatic heterocycles. The van der Waals surface area contributed by atoms with Crippen molar-refractivity contribution in [3.8, 4) is 5.75 Å². The van der Waals surface area contributed by atoms with Gasteiger partial charge in [-0.2, -0.15) is 0 Å². The van der Waals surface area contributed by atoms with Crippen molar-refractivity contribution in [3.63, 3.8) is 0 Å². The van der Waals surface area contributed by atoms with Crippen LogP contribution < -0.4 is 10.1 Å². The van der Waals surface area contributed by atoms with Gasteiger partial charge in [0.05, 0.1) is 6.04 Å². The van der Waals surface area contributed by atoms with Crippen molar-refractivity contribution in [1.29, 1.82) is 0 Å². The van der Waals surface area contributed by atoms with Gasteiger partial charge < -0.3 is 10.1 Å². The minimum absolute atomic E-state index is 0.0887. The lowest BCUT2D eigenvalue weighted by Crippen LogP contribution is -2.36. The predicted octanol–water partition coefficient (Wildman–Crippen LogP) is 2.40. The maximum absolute atomic E-state index is 12.7. The Morgan fingerprint density at radius 1 is 1.22 bits per heavy atom. The van der Waals surface area contributed by atoms with Crippen LogP contribution in [0, 0.1) is 0 Å². The minimum Gasteiger partial charge on any atom is -0.492 e. The Morgan fingerprint density at radius 3 is 2.65 bits per heavy atom. The van der Waals surface area contributed by atoms with Crippen LogP contribution in [0.15, 0.2) is 54.6 Å². The fourth-order valence-electron chi connectivity index (χ4n) is 2.79. The summed E-state index contributed by atoms with van der Waals surface area (Å²) in [5, 5.41) is 3.04. The smallest absolute Gasteiger partial charge is 0.231 e. The van der Waals surface area contributed by atoms with Crippen LogP contribution in [0.5, 0.6) is 5.75 Å². The molecule has 0 saturated heterocycles. The highest BCUT2D eigenvalue weighted by atomic mass is 32.2. The van der Waals surface area contributed by atoms with E-state index >= 15 is 0 Å². The standard InChI is InChI=1S/C18H19NO3S/c1-23(21)12-16(13-7-3-2-4-8-13)19-18(20)15-11-22-17-10-6-5-9-14(15)17/h2-10,15-16H,11-12H2,1H3,(H,19,20)/t15-,16-,23-/m0/s1. The van der Waals surface area contributed by atoms with Gasteiger partial charge >= 0.3 is 0 Å². The van der Waals surface area contributed by atoms with Crippen LogP contribution in [0.25, 0.3) is 0 Å². The SMILES string of the molecule is C[S@](=O)C[C@H](NC(=O)[C@H]1COc2ccccc21)c1ccccc1. The Labute approximate surface area is 138 Å². The van der Waals surface area contributed by atoms with Gasteiger partial charge in [0, 0.05) is 28.4 Å². The first-order valence-electron chi connectivity index (χ1n) is 7.52. The third-order valence-corrected chi connectivity index (χ3v) is 4.74. The van der Waals surface area contributed by atoms with Crippen LogP contribution in [0.3, 0.4) is 0 Å². The summed E-state index contributed by atoms with van der Waals surface area (Å²) < 4.78 is 17.2. The van der Waals surface area contributed by atoms with Crippen molar-refractivity contribution >= 4 is 16.7 Å². The number of hydrogen-bond acceptors (Lipinski definition) is 3. The van der Waals surface area contributed by atoms with E-state index in [0.717, 1.165) is 16.9 Å². The molecule has 0 unspecified atom stereocenters. The first-order chi connectivity index (χ1) is 11.1. The van der Waals surface area contributed by atoms with E-state index in [2.05, 4.69) is 5.32 Å². The van der Waals surface area contributed by atoms with Crippen LogP contribution in [-0.2, 0) is 15.6 Å². The largest absolute Gasteiger partial charge is 0.492 e. The Hall–Kier alpha value is -2.14. The van der Waals surface area contributed by atoms with Gasteiger partial charge in [0.25, 0.3) is 0 Å². The first kappa shape index (κ1) is 15.7. The second-order valence-corrected chi connectivity index (χ2v) is 7.09.